The molecule has 2 heterocycles. The molecule has 3 heteroatoms. The fourth-order valence-corrected chi connectivity index (χ4v) is 3.69. The summed E-state index contributed by atoms with van der Waals surface area (Å²) in [5, 5.41) is 0. The Bertz CT molecular complexity index is 460. The summed E-state index contributed by atoms with van der Waals surface area (Å²) < 4.78 is 5.96. The summed E-state index contributed by atoms with van der Waals surface area (Å²) in [5.74, 6) is 6.39. The van der Waals surface area contributed by atoms with E-state index in [-0.39, 0.29) is 0 Å². The summed E-state index contributed by atoms with van der Waals surface area (Å²) in [6.07, 6.45) is 5.54. The Labute approximate surface area is 115 Å². The maximum absolute atomic E-state index is 5.96. The molecule has 1 aromatic rings. The normalized spacial score (nSPS) is 30.8. The summed E-state index contributed by atoms with van der Waals surface area (Å²) in [5.41, 5.74) is 7.13. The second-order valence-corrected chi connectivity index (χ2v) is 6.18. The molecular formula is C16H24N2O. The third-order valence-corrected chi connectivity index (χ3v) is 4.83. The number of hydrogen-bond donors (Lipinski definition) is 2. The minimum Gasteiger partial charge on any atom is -0.375 e. The number of benzene rings is 1. The van der Waals surface area contributed by atoms with Gasteiger partial charge in [0.15, 0.2) is 0 Å². The average molecular weight is 260 g/mol. The van der Waals surface area contributed by atoms with Crippen molar-refractivity contribution >= 4 is 0 Å². The Balaban J connectivity index is 1.74. The molecule has 3 N–H and O–H groups in total. The molecule has 3 nitrogen and oxygen atoms in total. The Morgan fingerprint density at radius 1 is 1.37 bits per heavy atom. The first-order valence-electron chi connectivity index (χ1n) is 7.35. The standard InChI is InChI=1S/C16H24N2O/c1-10-3-4-11(2)12(7-10)8-15(18-17)14-9-13-5-6-16(14)19-13/h3-4,7,13-16,18H,5-6,8-9,17H2,1-2H3. The Hall–Kier alpha value is -0.900. The second-order valence-electron chi connectivity index (χ2n) is 6.18. The summed E-state index contributed by atoms with van der Waals surface area (Å²) in [4.78, 5) is 0. The molecule has 4 unspecified atom stereocenters. The van der Waals surface area contributed by atoms with Gasteiger partial charge >= 0.3 is 0 Å². The highest BCUT2D eigenvalue weighted by molar-refractivity contribution is 5.31. The van der Waals surface area contributed by atoms with Gasteiger partial charge in [0.1, 0.15) is 0 Å². The van der Waals surface area contributed by atoms with Crippen molar-refractivity contribution in [1.82, 2.24) is 5.43 Å². The van der Waals surface area contributed by atoms with Crippen molar-refractivity contribution in [3.63, 3.8) is 0 Å². The lowest BCUT2D eigenvalue weighted by Gasteiger charge is -2.28. The van der Waals surface area contributed by atoms with Crippen molar-refractivity contribution in [2.24, 2.45) is 11.8 Å². The monoisotopic (exact) mass is 260 g/mol. The van der Waals surface area contributed by atoms with Gasteiger partial charge < -0.3 is 4.74 Å². The van der Waals surface area contributed by atoms with E-state index in [0.717, 1.165) is 6.42 Å². The van der Waals surface area contributed by atoms with Gasteiger partial charge in [-0.2, -0.15) is 0 Å². The van der Waals surface area contributed by atoms with E-state index < -0.39 is 0 Å². The average Bonchev–Trinajstić information content (AvgIpc) is 3.02. The molecule has 2 bridgehead atoms. The Morgan fingerprint density at radius 2 is 2.21 bits per heavy atom. The second kappa shape index (κ2) is 5.23. The summed E-state index contributed by atoms with van der Waals surface area (Å²) in [7, 11) is 0. The lowest BCUT2D eigenvalue weighted by molar-refractivity contribution is 0.0857. The van der Waals surface area contributed by atoms with Crippen molar-refractivity contribution < 1.29 is 4.74 Å². The minimum atomic E-state index is 0.329. The molecule has 2 saturated heterocycles. The number of hydrazine groups is 1. The van der Waals surface area contributed by atoms with E-state index in [4.69, 9.17) is 10.6 Å². The highest BCUT2D eigenvalue weighted by Gasteiger charge is 2.44. The summed E-state index contributed by atoms with van der Waals surface area (Å²) >= 11 is 0. The third-order valence-electron chi connectivity index (χ3n) is 4.83. The number of ether oxygens (including phenoxy) is 1. The molecule has 0 radical (unpaired) electrons. The maximum Gasteiger partial charge on any atom is 0.0624 e. The third kappa shape index (κ3) is 2.55. The van der Waals surface area contributed by atoms with Crippen LogP contribution in [0.2, 0.25) is 0 Å². The van der Waals surface area contributed by atoms with Crippen LogP contribution < -0.4 is 11.3 Å². The SMILES string of the molecule is Cc1ccc(C)c(CC(NN)C2CC3CCC2O3)c1. The predicted octanol–water partition coefficient (Wildman–Crippen LogP) is 2.25. The number of fused-ring (bicyclic) bond motifs is 2. The zero-order valence-corrected chi connectivity index (χ0v) is 11.9. The molecule has 1 aromatic carbocycles. The number of nitrogens with one attached hydrogen (secondary N) is 1. The van der Waals surface area contributed by atoms with Crippen molar-refractivity contribution in [2.75, 3.05) is 0 Å². The smallest absolute Gasteiger partial charge is 0.0624 e. The molecular weight excluding hydrogens is 236 g/mol. The van der Waals surface area contributed by atoms with Gasteiger partial charge in [-0.15, -0.1) is 0 Å². The Morgan fingerprint density at radius 3 is 2.84 bits per heavy atom. The fraction of sp³-hybridized carbons (Fsp3) is 0.625. The molecule has 0 saturated carbocycles. The van der Waals surface area contributed by atoms with Crippen LogP contribution in [0.1, 0.15) is 36.0 Å². The van der Waals surface area contributed by atoms with Crippen LogP contribution in [0.25, 0.3) is 0 Å². The molecule has 0 amide bonds. The summed E-state index contributed by atoms with van der Waals surface area (Å²) in [6, 6.07) is 6.99. The van der Waals surface area contributed by atoms with Crippen molar-refractivity contribution in [3.05, 3.63) is 34.9 Å². The molecule has 3 rings (SSSR count). The van der Waals surface area contributed by atoms with Crippen LogP contribution in [-0.4, -0.2) is 18.2 Å². The first-order valence-corrected chi connectivity index (χ1v) is 7.35. The molecule has 0 aliphatic carbocycles. The van der Waals surface area contributed by atoms with Crippen LogP contribution in [0.3, 0.4) is 0 Å². The van der Waals surface area contributed by atoms with Crippen molar-refractivity contribution in [2.45, 2.75) is 57.8 Å². The topological polar surface area (TPSA) is 47.3 Å². The number of aryl methyl sites for hydroxylation is 2. The van der Waals surface area contributed by atoms with Gasteiger partial charge in [0, 0.05) is 12.0 Å². The molecule has 0 aromatic heterocycles. The molecule has 104 valence electrons. The van der Waals surface area contributed by atoms with Crippen molar-refractivity contribution in [1.29, 1.82) is 0 Å². The molecule has 0 spiro atoms. The largest absolute Gasteiger partial charge is 0.375 e. The van der Waals surface area contributed by atoms with Gasteiger partial charge in [-0.05, 0) is 50.7 Å². The van der Waals surface area contributed by atoms with Gasteiger partial charge in [0.25, 0.3) is 0 Å². The van der Waals surface area contributed by atoms with Gasteiger partial charge in [-0.25, -0.2) is 0 Å². The molecule has 19 heavy (non-hydrogen) atoms. The zero-order chi connectivity index (χ0) is 13.4. The Kier molecular flexibility index (Phi) is 3.61. The van der Waals surface area contributed by atoms with Crippen LogP contribution in [0.4, 0.5) is 0 Å². The molecule has 4 atom stereocenters. The van der Waals surface area contributed by atoms with Crippen LogP contribution >= 0.6 is 0 Å². The van der Waals surface area contributed by atoms with E-state index in [1.54, 1.807) is 0 Å². The van der Waals surface area contributed by atoms with E-state index >= 15 is 0 Å². The first kappa shape index (κ1) is 13.1. The van der Waals surface area contributed by atoms with E-state index in [1.807, 2.05) is 0 Å². The molecule has 2 aliphatic rings. The number of hydrogen-bond acceptors (Lipinski definition) is 3. The quantitative estimate of drug-likeness (QED) is 0.645. The van der Waals surface area contributed by atoms with E-state index in [1.165, 1.54) is 36.0 Å². The number of rotatable bonds is 4. The fourth-order valence-electron chi connectivity index (χ4n) is 3.69. The highest BCUT2D eigenvalue weighted by Crippen LogP contribution is 2.41. The lowest BCUT2D eigenvalue weighted by Crippen LogP contribution is -2.45. The number of nitrogens with two attached hydrogens (primary N) is 1. The van der Waals surface area contributed by atoms with E-state index in [2.05, 4.69) is 37.5 Å². The van der Waals surface area contributed by atoms with Crippen LogP contribution in [0.5, 0.6) is 0 Å². The predicted molar refractivity (Wildman–Crippen MR) is 76.7 cm³/mol. The van der Waals surface area contributed by atoms with Crippen molar-refractivity contribution in [3.8, 4) is 0 Å². The maximum atomic E-state index is 5.96. The van der Waals surface area contributed by atoms with Crippen LogP contribution in [0, 0.1) is 19.8 Å². The lowest BCUT2D eigenvalue weighted by atomic mass is 9.81. The highest BCUT2D eigenvalue weighted by atomic mass is 16.5. The van der Waals surface area contributed by atoms with Gasteiger partial charge in [-0.1, -0.05) is 23.8 Å². The van der Waals surface area contributed by atoms with E-state index in [9.17, 15) is 0 Å². The minimum absolute atomic E-state index is 0.329. The zero-order valence-electron chi connectivity index (χ0n) is 11.9. The van der Waals surface area contributed by atoms with Gasteiger partial charge in [-0.3, -0.25) is 11.3 Å². The van der Waals surface area contributed by atoms with Gasteiger partial charge in [0.2, 0.25) is 0 Å². The summed E-state index contributed by atoms with van der Waals surface area (Å²) in [6.45, 7) is 4.33. The van der Waals surface area contributed by atoms with E-state index in [0.29, 0.717) is 24.2 Å². The van der Waals surface area contributed by atoms with Gasteiger partial charge in [0.05, 0.1) is 12.2 Å². The van der Waals surface area contributed by atoms with Crippen LogP contribution in [0.15, 0.2) is 18.2 Å². The molecule has 2 fully saturated rings. The van der Waals surface area contributed by atoms with Crippen LogP contribution in [-0.2, 0) is 11.2 Å². The molecule has 2 aliphatic heterocycles. The first-order chi connectivity index (χ1) is 9.17.